The van der Waals surface area contributed by atoms with Gasteiger partial charge in [0.15, 0.2) is 9.84 Å². The summed E-state index contributed by atoms with van der Waals surface area (Å²) in [6.45, 7) is 2.10. The normalized spacial score (nSPS) is 16.7. The maximum atomic E-state index is 13.1. The van der Waals surface area contributed by atoms with E-state index >= 15 is 0 Å². The van der Waals surface area contributed by atoms with Gasteiger partial charge in [-0.05, 0) is 59.7 Å². The summed E-state index contributed by atoms with van der Waals surface area (Å²) in [5.74, 6) is -0.00512. The minimum atomic E-state index is -3.36. The Bertz CT molecular complexity index is 1340. The number of amides is 1. The van der Waals surface area contributed by atoms with Crippen LogP contribution in [0.15, 0.2) is 76.1 Å². The standard InChI is InChI=1S/C29H30BrNO4S/c1-19(22-16-15-21(17-28(22)30)36(33,34)20-9-3-2-4-10-20)31-29(32)35-18-27-25-13-7-5-11-23(25)24-12-6-8-14-26(24)27/h5-8,11-17,19-20,27H,2-4,9-10,18H2,1H3,(H,31,32)/t19-/m0/s1. The lowest BCUT2D eigenvalue weighted by atomic mass is 9.98. The molecule has 5 rings (SSSR count). The number of sulfone groups is 1. The zero-order valence-corrected chi connectivity index (χ0v) is 22.6. The number of benzene rings is 3. The van der Waals surface area contributed by atoms with Crippen LogP contribution < -0.4 is 5.32 Å². The number of hydrogen-bond donors (Lipinski definition) is 1. The van der Waals surface area contributed by atoms with Gasteiger partial charge in [0.05, 0.1) is 16.2 Å². The molecule has 0 aromatic heterocycles. The van der Waals surface area contributed by atoms with Crippen LogP contribution in [0.2, 0.25) is 0 Å². The van der Waals surface area contributed by atoms with Gasteiger partial charge in [0.1, 0.15) is 6.61 Å². The van der Waals surface area contributed by atoms with Crippen molar-refractivity contribution < 1.29 is 17.9 Å². The fraction of sp³-hybridized carbons (Fsp3) is 0.345. The second-order valence-electron chi connectivity index (χ2n) is 9.68. The highest BCUT2D eigenvalue weighted by atomic mass is 79.9. The molecule has 0 heterocycles. The van der Waals surface area contributed by atoms with E-state index in [-0.39, 0.29) is 23.8 Å². The smallest absolute Gasteiger partial charge is 0.407 e. The monoisotopic (exact) mass is 567 g/mol. The Morgan fingerprint density at radius 1 is 0.972 bits per heavy atom. The molecule has 1 N–H and O–H groups in total. The van der Waals surface area contributed by atoms with Crippen LogP contribution in [-0.2, 0) is 14.6 Å². The van der Waals surface area contributed by atoms with Crippen molar-refractivity contribution in [3.8, 4) is 11.1 Å². The van der Waals surface area contributed by atoms with Crippen molar-refractivity contribution in [2.75, 3.05) is 6.61 Å². The fourth-order valence-corrected chi connectivity index (χ4v) is 8.25. The number of hydrogen-bond acceptors (Lipinski definition) is 4. The molecule has 3 aromatic rings. The molecule has 1 atom stereocenters. The van der Waals surface area contributed by atoms with E-state index in [9.17, 15) is 13.2 Å². The van der Waals surface area contributed by atoms with Gasteiger partial charge < -0.3 is 10.1 Å². The van der Waals surface area contributed by atoms with Crippen molar-refractivity contribution >= 4 is 31.9 Å². The van der Waals surface area contributed by atoms with Crippen LogP contribution >= 0.6 is 15.9 Å². The molecular weight excluding hydrogens is 538 g/mol. The number of nitrogens with one attached hydrogen (secondary N) is 1. The third-order valence-corrected chi connectivity index (χ3v) is 10.4. The number of halogens is 1. The molecule has 2 aliphatic carbocycles. The van der Waals surface area contributed by atoms with E-state index in [1.165, 1.54) is 11.1 Å². The highest BCUT2D eigenvalue weighted by Gasteiger charge is 2.31. The van der Waals surface area contributed by atoms with E-state index in [2.05, 4.69) is 45.5 Å². The molecule has 3 aromatic carbocycles. The molecule has 0 saturated heterocycles. The number of alkyl carbamates (subject to hydrolysis) is 1. The summed E-state index contributed by atoms with van der Waals surface area (Å²) in [5.41, 5.74) is 5.49. The minimum Gasteiger partial charge on any atom is -0.449 e. The average Bonchev–Trinajstić information content (AvgIpc) is 3.21. The predicted octanol–water partition coefficient (Wildman–Crippen LogP) is 7.16. The first-order valence-corrected chi connectivity index (χ1v) is 14.8. The summed E-state index contributed by atoms with van der Waals surface area (Å²) in [6, 6.07) is 21.2. The molecule has 2 aliphatic rings. The van der Waals surface area contributed by atoms with Crippen LogP contribution in [0, 0.1) is 0 Å². The van der Waals surface area contributed by atoms with Gasteiger partial charge in [-0.3, -0.25) is 0 Å². The van der Waals surface area contributed by atoms with E-state index in [1.54, 1.807) is 18.2 Å². The average molecular weight is 569 g/mol. The van der Waals surface area contributed by atoms with E-state index in [1.807, 2.05) is 31.2 Å². The van der Waals surface area contributed by atoms with Crippen LogP contribution in [0.3, 0.4) is 0 Å². The Kier molecular flexibility index (Phi) is 7.22. The summed E-state index contributed by atoms with van der Waals surface area (Å²) >= 11 is 3.53. The van der Waals surface area contributed by atoms with Crippen LogP contribution in [0.25, 0.3) is 11.1 Å². The van der Waals surface area contributed by atoms with E-state index in [4.69, 9.17) is 4.74 Å². The van der Waals surface area contributed by atoms with Gasteiger partial charge in [-0.25, -0.2) is 13.2 Å². The summed E-state index contributed by atoms with van der Waals surface area (Å²) < 4.78 is 32.5. The van der Waals surface area contributed by atoms with Gasteiger partial charge in [0.2, 0.25) is 0 Å². The van der Waals surface area contributed by atoms with Gasteiger partial charge in [-0.1, -0.05) is 89.8 Å². The molecule has 5 nitrogen and oxygen atoms in total. The van der Waals surface area contributed by atoms with Crippen LogP contribution in [-0.4, -0.2) is 26.4 Å². The van der Waals surface area contributed by atoms with Crippen LogP contribution in [0.5, 0.6) is 0 Å². The van der Waals surface area contributed by atoms with Crippen LogP contribution in [0.1, 0.15) is 67.7 Å². The number of rotatable bonds is 6. The summed E-state index contributed by atoms with van der Waals surface area (Å²) in [4.78, 5) is 13.0. The summed E-state index contributed by atoms with van der Waals surface area (Å²) in [5, 5.41) is 2.58. The second kappa shape index (κ2) is 10.4. The zero-order chi connectivity index (χ0) is 25.3. The summed E-state index contributed by atoms with van der Waals surface area (Å²) in [6.07, 6.45) is 3.97. The summed E-state index contributed by atoms with van der Waals surface area (Å²) in [7, 11) is -3.36. The van der Waals surface area contributed by atoms with Crippen molar-refractivity contribution in [1.29, 1.82) is 0 Å². The first-order chi connectivity index (χ1) is 17.4. The third-order valence-electron chi connectivity index (χ3n) is 7.44. The topological polar surface area (TPSA) is 72.5 Å². The maximum Gasteiger partial charge on any atom is 0.407 e. The van der Waals surface area contributed by atoms with Gasteiger partial charge in [0, 0.05) is 10.4 Å². The number of carbonyl (C=O) groups excluding carboxylic acids is 1. The molecule has 7 heteroatoms. The number of ether oxygens (including phenoxy) is 1. The molecule has 1 saturated carbocycles. The highest BCUT2D eigenvalue weighted by molar-refractivity contribution is 9.10. The van der Waals surface area contributed by atoms with E-state index < -0.39 is 15.9 Å². The Balaban J connectivity index is 1.24. The Labute approximate surface area is 221 Å². The largest absolute Gasteiger partial charge is 0.449 e. The first kappa shape index (κ1) is 25.0. The highest BCUT2D eigenvalue weighted by Crippen LogP contribution is 2.44. The SMILES string of the molecule is C[C@H](NC(=O)OCC1c2ccccc2-c2ccccc21)c1ccc(S(=O)(=O)C2CCCCC2)cc1Br. The van der Waals surface area contributed by atoms with E-state index in [0.29, 0.717) is 9.37 Å². The Morgan fingerprint density at radius 2 is 1.58 bits per heavy atom. The van der Waals surface area contributed by atoms with Gasteiger partial charge in [0.25, 0.3) is 0 Å². The minimum absolute atomic E-state index is 0.00512. The second-order valence-corrected chi connectivity index (χ2v) is 12.8. The molecule has 0 bridgehead atoms. The van der Waals surface area contributed by atoms with Gasteiger partial charge in [-0.2, -0.15) is 0 Å². The Morgan fingerprint density at radius 3 is 2.19 bits per heavy atom. The van der Waals surface area contributed by atoms with Gasteiger partial charge >= 0.3 is 6.09 Å². The number of carbonyl (C=O) groups is 1. The fourth-order valence-electron chi connectivity index (χ4n) is 5.50. The third kappa shape index (κ3) is 4.83. The van der Waals surface area contributed by atoms with Crippen molar-refractivity contribution in [3.05, 3.63) is 87.9 Å². The maximum absolute atomic E-state index is 13.1. The molecule has 1 amide bonds. The molecule has 188 valence electrons. The molecule has 0 radical (unpaired) electrons. The molecule has 0 spiro atoms. The lowest BCUT2D eigenvalue weighted by molar-refractivity contribution is 0.139. The molecule has 0 unspecified atom stereocenters. The number of fused-ring (bicyclic) bond motifs is 3. The van der Waals surface area contributed by atoms with Crippen molar-refractivity contribution in [1.82, 2.24) is 5.32 Å². The first-order valence-electron chi connectivity index (χ1n) is 12.5. The zero-order valence-electron chi connectivity index (χ0n) is 20.2. The predicted molar refractivity (Wildman–Crippen MR) is 145 cm³/mol. The van der Waals surface area contributed by atoms with E-state index in [0.717, 1.165) is 48.8 Å². The van der Waals surface area contributed by atoms with Crippen molar-refractivity contribution in [3.63, 3.8) is 0 Å². The van der Waals surface area contributed by atoms with Crippen LogP contribution in [0.4, 0.5) is 4.79 Å². The quantitative estimate of drug-likeness (QED) is 0.343. The van der Waals surface area contributed by atoms with Crippen molar-refractivity contribution in [2.24, 2.45) is 0 Å². The van der Waals surface area contributed by atoms with Crippen molar-refractivity contribution in [2.45, 2.75) is 61.1 Å². The van der Waals surface area contributed by atoms with Gasteiger partial charge in [-0.15, -0.1) is 0 Å². The lowest BCUT2D eigenvalue weighted by Crippen LogP contribution is -2.29. The molecule has 36 heavy (non-hydrogen) atoms. The lowest BCUT2D eigenvalue weighted by Gasteiger charge is -2.23. The Hall–Kier alpha value is -2.64. The molecule has 0 aliphatic heterocycles. The molecule has 1 fully saturated rings. The molecular formula is C29H30BrNO4S.